The van der Waals surface area contributed by atoms with E-state index in [1.54, 1.807) is 0 Å². The lowest BCUT2D eigenvalue weighted by Crippen LogP contribution is -2.67. The van der Waals surface area contributed by atoms with Gasteiger partial charge in [0.05, 0.1) is 32.5 Å². The Labute approximate surface area is 729 Å². The first-order valence-electron chi connectivity index (χ1n) is 49.9. The molecule has 8 N–H and O–H groups in total. The Morgan fingerprint density at radius 3 is 0.900 bits per heavy atom. The van der Waals surface area contributed by atoms with Crippen LogP contribution in [0.15, 0.2) is 0 Å². The average Bonchev–Trinajstić information content (AvgIpc) is 0.778. The number of carbonyl (C=O) groups excluding carboxylic acids is 6. The Bertz CT molecular complexity index is 2510. The molecule has 0 aromatic carbocycles. The van der Waals surface area contributed by atoms with Crippen LogP contribution in [-0.4, -0.2) is 159 Å². The summed E-state index contributed by atoms with van der Waals surface area (Å²) in [6.45, 7) is 11.4. The van der Waals surface area contributed by atoms with Crippen molar-refractivity contribution >= 4 is 43.5 Å². The van der Waals surface area contributed by atoms with Gasteiger partial charge in [0.25, 0.3) is 0 Å². The third-order valence-corrected chi connectivity index (χ3v) is 24.6. The molecule has 0 aromatic heterocycles. The minimum atomic E-state index is -5.58. The average molecular weight is 1730 g/mol. The number of aliphatic hydroxyl groups excluding tert-OH is 4. The lowest BCUT2D eigenvalue weighted by atomic mass is 9.95. The third kappa shape index (κ3) is 60.3. The van der Waals surface area contributed by atoms with Crippen LogP contribution in [0.25, 0.3) is 0 Å². The van der Waals surface area contributed by atoms with Gasteiger partial charge in [-0.25, -0.2) is 4.57 Å². The number of aliphatic hydroxyl groups is 4. The number of nitrogens with one attached hydrogen (secondary N) is 2. The third-order valence-electron chi connectivity index (χ3n) is 24.1. The molecule has 0 bridgehead atoms. The van der Waals surface area contributed by atoms with E-state index in [-0.39, 0.29) is 32.1 Å². The van der Waals surface area contributed by atoms with Gasteiger partial charge in [0.1, 0.15) is 60.9 Å². The van der Waals surface area contributed by atoms with Gasteiger partial charge in [0, 0.05) is 19.3 Å². The highest BCUT2D eigenvalue weighted by Crippen LogP contribution is 2.43. The molecule has 120 heavy (non-hydrogen) atoms. The summed E-state index contributed by atoms with van der Waals surface area (Å²) in [6.07, 6.45) is 46.7. The monoisotopic (exact) mass is 1730 g/mol. The SMILES string of the molecule is CCCCCCCCCCCCCC(=O)O[C@H](CCCCCCCCCCC)CC(=O)NC1C(OC(=O)C[C@@H](CCCCCCCCCCC)OC(=O)CCCCCCCCCCCCC)[C@H](OP(=O)(O)O)C(CO)O[C@H]1OCC1O[C@H](O)C(NC(=O)C[C@@H](CCCCCCCCCCC)OC(=O)CCCCCCCCCCCCC)C(O)[C@@H]1O. The minimum Gasteiger partial charge on any atom is -0.462 e. The first-order valence-corrected chi connectivity index (χ1v) is 51.4. The van der Waals surface area contributed by atoms with Gasteiger partial charge in [-0.1, -0.05) is 388 Å². The molecule has 0 aliphatic carbocycles. The van der Waals surface area contributed by atoms with Crippen LogP contribution in [0.3, 0.4) is 0 Å². The molecule has 2 aliphatic rings. The van der Waals surface area contributed by atoms with Crippen molar-refractivity contribution in [1.29, 1.82) is 0 Å². The molecule has 13 atom stereocenters. The summed E-state index contributed by atoms with van der Waals surface area (Å²) < 4.78 is 61.5. The highest BCUT2D eigenvalue weighted by atomic mass is 31.2. The summed E-state index contributed by atoms with van der Waals surface area (Å²) in [4.78, 5) is 106. The van der Waals surface area contributed by atoms with Crippen LogP contribution in [0, 0.1) is 0 Å². The zero-order chi connectivity index (χ0) is 87.7. The maximum Gasteiger partial charge on any atom is 0.470 e. The van der Waals surface area contributed by atoms with E-state index in [0.717, 1.165) is 173 Å². The highest BCUT2D eigenvalue weighted by Gasteiger charge is 2.53. The normalized spacial score (nSPS) is 20.2. The summed E-state index contributed by atoms with van der Waals surface area (Å²) in [5.41, 5.74) is 0. The molecule has 2 rings (SSSR count). The molecule has 2 amide bonds. The maximum atomic E-state index is 15.0. The van der Waals surface area contributed by atoms with Crippen LogP contribution >= 0.6 is 7.82 Å². The fourth-order valence-corrected chi connectivity index (χ4v) is 17.3. The number of rotatable bonds is 84. The Balaban J connectivity index is 2.58. The maximum absolute atomic E-state index is 15.0. The Morgan fingerprint density at radius 2 is 0.608 bits per heavy atom. The molecular weight excluding hydrogens is 1550 g/mol. The summed E-state index contributed by atoms with van der Waals surface area (Å²) in [5, 5.41) is 51.8. The summed E-state index contributed by atoms with van der Waals surface area (Å²) in [5.74, 6) is -3.84. The van der Waals surface area contributed by atoms with Gasteiger partial charge in [-0.2, -0.15) is 0 Å². The molecule has 24 heteroatoms. The second kappa shape index (κ2) is 76.8. The number of hydrogen-bond donors (Lipinski definition) is 8. The predicted molar refractivity (Wildman–Crippen MR) is 478 cm³/mol. The number of ether oxygens (including phenoxy) is 7. The molecular formula is C96H181N2O21P. The van der Waals surface area contributed by atoms with E-state index in [9.17, 15) is 58.8 Å². The molecule has 2 heterocycles. The lowest BCUT2D eigenvalue weighted by Gasteiger charge is -2.46. The first-order chi connectivity index (χ1) is 58.2. The van der Waals surface area contributed by atoms with E-state index in [0.29, 0.717) is 51.4 Å². The van der Waals surface area contributed by atoms with Crippen molar-refractivity contribution in [2.75, 3.05) is 13.2 Å². The number of phosphoric ester groups is 1. The number of amides is 2. The number of unbranched alkanes of at least 4 members (excludes halogenated alkanes) is 54. The molecule has 2 fully saturated rings. The Kier molecular flexibility index (Phi) is 72.2. The molecule has 2 saturated heterocycles. The van der Waals surface area contributed by atoms with Crippen LogP contribution in [-0.2, 0) is 71.0 Å². The molecule has 0 radical (unpaired) electrons. The molecule has 2 aliphatic heterocycles. The number of hydrogen-bond acceptors (Lipinski definition) is 19. The van der Waals surface area contributed by atoms with Gasteiger partial charge in [0.2, 0.25) is 11.8 Å². The fraction of sp³-hybridized carbons (Fsp3) is 0.938. The molecule has 0 spiro atoms. The smallest absolute Gasteiger partial charge is 0.462 e. The standard InChI is InChI=1S/C96H181N2O21P/c1-7-13-19-25-31-37-40-46-52-58-64-70-85(102)113-78(67-61-55-49-43-34-28-22-16-10-4)73-83(100)97-89-92(107)91(106)82(116-95(89)108)77-112-96-90(98-84(101)74-79(68-62-56-50-44-35-29-23-17-11-5)114-86(103)71-65-59-53-47-41-38-32-26-20-14-8-2)94(93(81(76-99)117-96)119-120(109,110)111)118-88(105)75-80(69-63-57-51-45-36-30-24-18-12-6)115-87(104)72-66-60-54-48-42-39-33-27-21-15-9-3/h78-82,89-96,99,106-108H,7-77H2,1-6H3,(H,97,100)(H,98,101)(H2,109,110,111)/t78-,79-,80-,81?,82?,89?,90?,91-,92?,93-,94?,95+,96-/m1/s1. The van der Waals surface area contributed by atoms with E-state index in [1.807, 2.05) is 0 Å². The van der Waals surface area contributed by atoms with E-state index in [4.69, 9.17) is 37.7 Å². The molecule has 0 saturated carbocycles. The second-order valence-corrected chi connectivity index (χ2v) is 36.7. The Morgan fingerprint density at radius 1 is 0.333 bits per heavy atom. The number of carbonyl (C=O) groups is 6. The van der Waals surface area contributed by atoms with Crippen molar-refractivity contribution in [3.05, 3.63) is 0 Å². The van der Waals surface area contributed by atoms with E-state index in [2.05, 4.69) is 52.2 Å². The van der Waals surface area contributed by atoms with Crippen molar-refractivity contribution in [2.45, 2.75) is 564 Å². The second-order valence-electron chi connectivity index (χ2n) is 35.5. The fourth-order valence-electron chi connectivity index (χ4n) is 16.7. The van der Waals surface area contributed by atoms with E-state index >= 15 is 4.79 Å². The van der Waals surface area contributed by atoms with Crippen molar-refractivity contribution < 1.29 is 101 Å². The van der Waals surface area contributed by atoms with Gasteiger partial charge in [-0.05, 0) is 57.8 Å². The van der Waals surface area contributed by atoms with Crippen molar-refractivity contribution in [2.24, 2.45) is 0 Å². The van der Waals surface area contributed by atoms with Crippen molar-refractivity contribution in [1.82, 2.24) is 10.6 Å². The quantitative estimate of drug-likeness (QED) is 0.0121. The minimum absolute atomic E-state index is 0.124. The Hall–Kier alpha value is -3.35. The molecule has 0 aromatic rings. The van der Waals surface area contributed by atoms with Gasteiger partial charge in [-0.15, -0.1) is 0 Å². The highest BCUT2D eigenvalue weighted by molar-refractivity contribution is 7.46. The van der Waals surface area contributed by atoms with Crippen molar-refractivity contribution in [3.8, 4) is 0 Å². The van der Waals surface area contributed by atoms with E-state index < -0.39 is 149 Å². The van der Waals surface area contributed by atoms with Gasteiger partial charge < -0.3 is 74.0 Å². The lowest BCUT2D eigenvalue weighted by molar-refractivity contribution is -0.297. The molecule has 6 unspecified atom stereocenters. The summed E-state index contributed by atoms with van der Waals surface area (Å²) in [7, 11) is -5.58. The topological polar surface area (TPSA) is 339 Å². The van der Waals surface area contributed by atoms with Crippen LogP contribution in [0.1, 0.15) is 485 Å². The van der Waals surface area contributed by atoms with E-state index in [1.165, 1.54) is 173 Å². The van der Waals surface area contributed by atoms with Gasteiger partial charge in [-0.3, -0.25) is 33.3 Å². The molecule has 706 valence electrons. The zero-order valence-corrected chi connectivity index (χ0v) is 77.9. The van der Waals surface area contributed by atoms with Gasteiger partial charge in [0.15, 0.2) is 18.7 Å². The largest absolute Gasteiger partial charge is 0.470 e. The summed E-state index contributed by atoms with van der Waals surface area (Å²) >= 11 is 0. The molecule has 23 nitrogen and oxygen atoms in total. The summed E-state index contributed by atoms with van der Waals surface area (Å²) in [6, 6.07) is -3.37. The number of phosphoric acid groups is 1. The van der Waals surface area contributed by atoms with Crippen LogP contribution in [0.2, 0.25) is 0 Å². The van der Waals surface area contributed by atoms with Crippen molar-refractivity contribution in [3.63, 3.8) is 0 Å². The van der Waals surface area contributed by atoms with Crippen LogP contribution in [0.5, 0.6) is 0 Å². The first kappa shape index (κ1) is 113. The van der Waals surface area contributed by atoms with Crippen LogP contribution in [0.4, 0.5) is 0 Å². The number of esters is 4. The van der Waals surface area contributed by atoms with Crippen LogP contribution < -0.4 is 10.6 Å². The zero-order valence-electron chi connectivity index (χ0n) is 77.0. The predicted octanol–water partition coefficient (Wildman–Crippen LogP) is 22.3. The van der Waals surface area contributed by atoms with Gasteiger partial charge >= 0.3 is 31.7 Å².